The van der Waals surface area contributed by atoms with E-state index < -0.39 is 24.1 Å². The second-order valence-corrected chi connectivity index (χ2v) is 5.51. The third-order valence-corrected chi connectivity index (χ3v) is 3.47. The molecule has 0 aromatic carbocycles. The summed E-state index contributed by atoms with van der Waals surface area (Å²) >= 11 is 5.71. The predicted octanol–water partition coefficient (Wildman–Crippen LogP) is 2.17. The van der Waals surface area contributed by atoms with Gasteiger partial charge >= 0.3 is 7.12 Å². The van der Waals surface area contributed by atoms with E-state index in [0.29, 0.717) is 5.59 Å². The summed E-state index contributed by atoms with van der Waals surface area (Å²) in [6.07, 6.45) is 0. The van der Waals surface area contributed by atoms with Crippen LogP contribution in [-0.2, 0) is 9.31 Å². The van der Waals surface area contributed by atoms with Crippen molar-refractivity contribution >= 4 is 24.3 Å². The molecule has 1 fully saturated rings. The first kappa shape index (κ1) is 12.8. The first-order valence-corrected chi connectivity index (χ1v) is 5.78. The molecule has 0 amide bonds. The van der Waals surface area contributed by atoms with E-state index in [4.69, 9.17) is 20.9 Å². The van der Waals surface area contributed by atoms with Crippen LogP contribution in [-0.4, -0.2) is 23.3 Å². The molecule has 0 spiro atoms. The Bertz CT molecular complexity index is 417. The van der Waals surface area contributed by atoms with Gasteiger partial charge in [0.15, 0.2) is 0 Å². The Labute approximate surface area is 105 Å². The van der Waals surface area contributed by atoms with Gasteiger partial charge in [0.25, 0.3) is 0 Å². The lowest BCUT2D eigenvalue weighted by Crippen LogP contribution is -2.41. The van der Waals surface area contributed by atoms with Crippen LogP contribution in [0.3, 0.4) is 0 Å². The molecule has 3 nitrogen and oxygen atoms in total. The molecule has 0 radical (unpaired) electrons. The maximum Gasteiger partial charge on any atom is 0.514 e. The van der Waals surface area contributed by atoms with E-state index in [1.807, 2.05) is 27.7 Å². The van der Waals surface area contributed by atoms with Crippen LogP contribution in [0, 0.1) is 5.82 Å². The Morgan fingerprint density at radius 3 is 2.18 bits per heavy atom. The normalized spacial score (nSPS) is 21.9. The summed E-state index contributed by atoms with van der Waals surface area (Å²) in [7, 11) is -0.687. The average Bonchev–Trinajstić information content (AvgIpc) is 2.34. The summed E-state index contributed by atoms with van der Waals surface area (Å²) in [6.45, 7) is 7.70. The third-order valence-electron chi connectivity index (χ3n) is 3.27. The first-order chi connectivity index (χ1) is 7.71. The zero-order valence-corrected chi connectivity index (χ0v) is 11.0. The Balaban J connectivity index is 2.32. The molecule has 1 aromatic heterocycles. The van der Waals surface area contributed by atoms with Crippen LogP contribution in [0.1, 0.15) is 27.7 Å². The molecule has 1 aromatic rings. The van der Waals surface area contributed by atoms with E-state index in [1.165, 1.54) is 6.07 Å². The van der Waals surface area contributed by atoms with Gasteiger partial charge in [0, 0.05) is 6.07 Å². The zero-order valence-electron chi connectivity index (χ0n) is 10.3. The Morgan fingerprint density at radius 1 is 1.18 bits per heavy atom. The highest BCUT2D eigenvalue weighted by Crippen LogP contribution is 2.36. The molecule has 0 saturated carbocycles. The van der Waals surface area contributed by atoms with Gasteiger partial charge < -0.3 is 9.31 Å². The molecular weight excluding hydrogens is 243 g/mol. The number of rotatable bonds is 1. The zero-order chi connectivity index (χ0) is 12.8. The van der Waals surface area contributed by atoms with Crippen LogP contribution in [0.15, 0.2) is 12.1 Å². The lowest BCUT2D eigenvalue weighted by molar-refractivity contribution is 0.00578. The smallest absolute Gasteiger partial charge is 0.398 e. The molecule has 2 heterocycles. The molecule has 1 aliphatic heterocycles. The van der Waals surface area contributed by atoms with E-state index in [9.17, 15) is 4.39 Å². The third kappa shape index (κ3) is 2.32. The molecule has 0 aliphatic carbocycles. The van der Waals surface area contributed by atoms with Gasteiger partial charge in [0.05, 0.1) is 16.8 Å². The van der Waals surface area contributed by atoms with Gasteiger partial charge in [0.2, 0.25) is 0 Å². The highest BCUT2D eigenvalue weighted by molar-refractivity contribution is 6.61. The first-order valence-electron chi connectivity index (χ1n) is 5.40. The lowest BCUT2D eigenvalue weighted by atomic mass is 9.84. The van der Waals surface area contributed by atoms with Gasteiger partial charge in [-0.2, -0.15) is 0 Å². The molecule has 0 atom stereocenters. The molecule has 1 aliphatic rings. The monoisotopic (exact) mass is 257 g/mol. The molecular formula is C11H14BClFNO2. The van der Waals surface area contributed by atoms with Crippen molar-refractivity contribution in [3.05, 3.63) is 23.1 Å². The molecule has 6 heteroatoms. The minimum atomic E-state index is -0.687. The quantitative estimate of drug-likeness (QED) is 0.571. The maximum atomic E-state index is 13.2. The van der Waals surface area contributed by atoms with Crippen molar-refractivity contribution in [2.45, 2.75) is 38.9 Å². The SMILES string of the molecule is CC1(C)OB(c2cc(F)cc(Cl)n2)OC1(C)C. The van der Waals surface area contributed by atoms with Gasteiger partial charge in [-0.15, -0.1) is 0 Å². The molecule has 0 unspecified atom stereocenters. The maximum absolute atomic E-state index is 13.2. The summed E-state index contributed by atoms with van der Waals surface area (Å²) in [5.41, 5.74) is -0.593. The van der Waals surface area contributed by atoms with Crippen LogP contribution in [0.5, 0.6) is 0 Å². The van der Waals surface area contributed by atoms with Crippen LogP contribution in [0.25, 0.3) is 0 Å². The van der Waals surface area contributed by atoms with Crippen molar-refractivity contribution in [2.24, 2.45) is 0 Å². The van der Waals surface area contributed by atoms with Crippen molar-refractivity contribution in [3.63, 3.8) is 0 Å². The van der Waals surface area contributed by atoms with Crippen LogP contribution in [0.4, 0.5) is 4.39 Å². The molecule has 92 valence electrons. The van der Waals surface area contributed by atoms with Crippen molar-refractivity contribution in [1.82, 2.24) is 4.98 Å². The van der Waals surface area contributed by atoms with Crippen molar-refractivity contribution < 1.29 is 13.7 Å². The fraction of sp³-hybridized carbons (Fsp3) is 0.545. The lowest BCUT2D eigenvalue weighted by Gasteiger charge is -2.32. The molecule has 2 rings (SSSR count). The second-order valence-electron chi connectivity index (χ2n) is 5.12. The van der Waals surface area contributed by atoms with E-state index in [0.717, 1.165) is 6.07 Å². The molecule has 17 heavy (non-hydrogen) atoms. The number of halogens is 2. The second kappa shape index (κ2) is 3.94. The topological polar surface area (TPSA) is 31.4 Å². The van der Waals surface area contributed by atoms with Crippen molar-refractivity contribution in [1.29, 1.82) is 0 Å². The number of nitrogens with zero attached hydrogens (tertiary/aromatic N) is 1. The standard InChI is InChI=1S/C11H14BClFNO2/c1-10(2)11(3,4)17-12(16-10)8-5-7(14)6-9(13)15-8/h5-6H,1-4H3. The Kier molecular flexibility index (Phi) is 2.96. The fourth-order valence-electron chi connectivity index (χ4n) is 1.57. The minimum absolute atomic E-state index is 0.0923. The Morgan fingerprint density at radius 2 is 1.71 bits per heavy atom. The fourth-order valence-corrected chi connectivity index (χ4v) is 1.77. The summed E-state index contributed by atoms with van der Waals surface area (Å²) in [6, 6.07) is 2.42. The highest BCUT2D eigenvalue weighted by atomic mass is 35.5. The van der Waals surface area contributed by atoms with Crippen LogP contribution in [0.2, 0.25) is 5.15 Å². The van der Waals surface area contributed by atoms with Gasteiger partial charge in [-0.1, -0.05) is 11.6 Å². The van der Waals surface area contributed by atoms with E-state index in [2.05, 4.69) is 4.98 Å². The summed E-state index contributed by atoms with van der Waals surface area (Å²) in [5.74, 6) is -0.449. The van der Waals surface area contributed by atoms with Crippen molar-refractivity contribution in [3.8, 4) is 0 Å². The minimum Gasteiger partial charge on any atom is -0.398 e. The van der Waals surface area contributed by atoms with Crippen molar-refractivity contribution in [2.75, 3.05) is 0 Å². The van der Waals surface area contributed by atoms with Gasteiger partial charge in [-0.3, -0.25) is 0 Å². The van der Waals surface area contributed by atoms with Gasteiger partial charge in [0.1, 0.15) is 11.0 Å². The summed E-state index contributed by atoms with van der Waals surface area (Å²) in [4.78, 5) is 4.02. The number of pyridine rings is 1. The van der Waals surface area contributed by atoms with Crippen LogP contribution < -0.4 is 5.59 Å². The number of hydrogen-bond donors (Lipinski definition) is 0. The van der Waals surface area contributed by atoms with Crippen LogP contribution >= 0.6 is 11.6 Å². The largest absolute Gasteiger partial charge is 0.514 e. The highest BCUT2D eigenvalue weighted by Gasteiger charge is 2.52. The molecule has 0 N–H and O–H groups in total. The average molecular weight is 258 g/mol. The van der Waals surface area contributed by atoms with Gasteiger partial charge in [-0.05, 0) is 33.8 Å². The van der Waals surface area contributed by atoms with E-state index in [1.54, 1.807) is 0 Å². The summed E-state index contributed by atoms with van der Waals surface area (Å²) < 4.78 is 24.7. The van der Waals surface area contributed by atoms with Gasteiger partial charge in [-0.25, -0.2) is 9.37 Å². The molecule has 1 saturated heterocycles. The van der Waals surface area contributed by atoms with E-state index in [-0.39, 0.29) is 5.15 Å². The molecule has 0 bridgehead atoms. The summed E-state index contributed by atoms with van der Waals surface area (Å²) in [5, 5.41) is 0.0923. The number of hydrogen-bond acceptors (Lipinski definition) is 3. The van der Waals surface area contributed by atoms with E-state index >= 15 is 0 Å². The Hall–Kier alpha value is -0.645. The predicted molar refractivity (Wildman–Crippen MR) is 64.9 cm³/mol. The number of aromatic nitrogens is 1.